The molecule has 0 rings (SSSR count). The van der Waals surface area contributed by atoms with Crippen LogP contribution in [0.3, 0.4) is 0 Å². The Morgan fingerprint density at radius 1 is 1.14 bits per heavy atom. The van der Waals surface area contributed by atoms with Gasteiger partial charge in [0.15, 0.2) is 0 Å². The summed E-state index contributed by atoms with van der Waals surface area (Å²) in [6.45, 7) is 5.20. The van der Waals surface area contributed by atoms with Crippen molar-refractivity contribution < 1.29 is 29.4 Å². The molecule has 0 spiro atoms. The highest BCUT2D eigenvalue weighted by atomic mass is 16.4. The second kappa shape index (κ2) is 8.02. The Balaban J connectivity index is 5.06. The van der Waals surface area contributed by atoms with Crippen molar-refractivity contribution in [2.45, 2.75) is 45.7 Å². The van der Waals surface area contributed by atoms with Crippen LogP contribution in [0.2, 0.25) is 0 Å². The average Bonchev–Trinajstić information content (AvgIpc) is 2.35. The fraction of sp³-hybridized carbons (Fsp3) is 0.571. The normalized spacial score (nSPS) is 15.3. The highest BCUT2D eigenvalue weighted by Crippen LogP contribution is 2.17. The van der Waals surface area contributed by atoms with Crippen molar-refractivity contribution in [1.82, 2.24) is 10.6 Å². The van der Waals surface area contributed by atoms with E-state index in [9.17, 15) is 24.3 Å². The molecular weight excluding hydrogens is 292 g/mol. The minimum Gasteiger partial charge on any atom is -0.480 e. The number of aliphatic carboxylic acids is 2. The van der Waals surface area contributed by atoms with E-state index in [4.69, 9.17) is 5.11 Å². The molecule has 4 N–H and O–H groups in total. The zero-order valence-electron chi connectivity index (χ0n) is 12.9. The molecule has 0 aromatic rings. The van der Waals surface area contributed by atoms with Crippen molar-refractivity contribution in [3.8, 4) is 11.8 Å². The predicted octanol–water partition coefficient (Wildman–Crippen LogP) is -0.415. The fourth-order valence-electron chi connectivity index (χ4n) is 1.62. The molecule has 0 heterocycles. The molecule has 0 aromatic heterocycles. The molecule has 3 unspecified atom stereocenters. The number of rotatable bonds is 6. The number of amides is 2. The molecule has 22 heavy (non-hydrogen) atoms. The van der Waals surface area contributed by atoms with Crippen LogP contribution in [-0.4, -0.2) is 45.5 Å². The van der Waals surface area contributed by atoms with Crippen molar-refractivity contribution in [3.05, 3.63) is 0 Å². The summed E-state index contributed by atoms with van der Waals surface area (Å²) in [5.41, 5.74) is -1.59. The third-order valence-corrected chi connectivity index (χ3v) is 3.05. The molecule has 0 aliphatic heterocycles. The Morgan fingerprint density at radius 2 is 1.68 bits per heavy atom. The van der Waals surface area contributed by atoms with E-state index in [1.165, 1.54) is 27.7 Å². The van der Waals surface area contributed by atoms with E-state index in [1.54, 1.807) is 0 Å². The van der Waals surface area contributed by atoms with Gasteiger partial charge in [-0.25, -0.2) is 9.59 Å². The molecule has 0 aliphatic rings. The summed E-state index contributed by atoms with van der Waals surface area (Å²) in [6.07, 6.45) is -0.172. The Hall–Kier alpha value is -2.56. The number of carbonyl (C=O) groups excluding carboxylic acids is 2. The van der Waals surface area contributed by atoms with E-state index in [0.717, 1.165) is 0 Å². The number of hydrogen-bond acceptors (Lipinski definition) is 4. The summed E-state index contributed by atoms with van der Waals surface area (Å²) < 4.78 is 0. The van der Waals surface area contributed by atoms with Crippen molar-refractivity contribution in [1.29, 1.82) is 0 Å². The van der Waals surface area contributed by atoms with Gasteiger partial charge in [-0.1, -0.05) is 5.92 Å². The molecule has 0 bridgehead atoms. The first-order valence-electron chi connectivity index (χ1n) is 6.51. The lowest BCUT2D eigenvalue weighted by atomic mass is 9.87. The van der Waals surface area contributed by atoms with Crippen LogP contribution in [0.1, 0.15) is 34.1 Å². The van der Waals surface area contributed by atoms with Gasteiger partial charge >= 0.3 is 11.9 Å². The Kier molecular flexibility index (Phi) is 7.09. The summed E-state index contributed by atoms with van der Waals surface area (Å²) in [7, 11) is 0. The summed E-state index contributed by atoms with van der Waals surface area (Å²) in [6, 6.07) is -1.17. The Labute approximate surface area is 128 Å². The Morgan fingerprint density at radius 3 is 2.05 bits per heavy atom. The third-order valence-electron chi connectivity index (χ3n) is 3.05. The first-order chi connectivity index (χ1) is 10.0. The number of carbonyl (C=O) groups is 4. The summed E-state index contributed by atoms with van der Waals surface area (Å²) in [5, 5.41) is 22.7. The first-order valence-corrected chi connectivity index (χ1v) is 6.51. The van der Waals surface area contributed by atoms with Gasteiger partial charge in [-0.3, -0.25) is 9.59 Å². The van der Waals surface area contributed by atoms with Gasteiger partial charge < -0.3 is 20.8 Å². The summed E-state index contributed by atoms with van der Waals surface area (Å²) >= 11 is 0. The van der Waals surface area contributed by atoms with Gasteiger partial charge in [-0.2, -0.15) is 0 Å². The van der Waals surface area contributed by atoms with Gasteiger partial charge in [0.2, 0.25) is 11.8 Å². The SMILES string of the molecule is CC(=O)NC(CC#CC(C)C(C)(NC(C)=O)C(=O)O)C(=O)O. The third kappa shape index (κ3) is 5.83. The molecule has 0 aliphatic carbocycles. The topological polar surface area (TPSA) is 133 Å². The Bertz CT molecular complexity index is 533. The van der Waals surface area contributed by atoms with E-state index in [0.29, 0.717) is 0 Å². The standard InChI is InChI=1S/C14H20N2O6/c1-8(14(4,13(21)22)16-10(3)18)6-5-7-11(12(19)20)15-9(2)17/h8,11H,7H2,1-4H3,(H,15,17)(H,16,18)(H,19,20)(H,21,22). The first kappa shape index (κ1) is 19.4. The van der Waals surface area contributed by atoms with Crippen LogP contribution in [0.4, 0.5) is 0 Å². The molecule has 0 saturated carbocycles. The molecule has 8 heteroatoms. The van der Waals surface area contributed by atoms with Crippen LogP contribution in [0, 0.1) is 17.8 Å². The van der Waals surface area contributed by atoms with Crippen molar-refractivity contribution in [3.63, 3.8) is 0 Å². The minimum absolute atomic E-state index is 0.172. The van der Waals surface area contributed by atoms with Crippen LogP contribution in [0.5, 0.6) is 0 Å². The zero-order valence-corrected chi connectivity index (χ0v) is 12.9. The van der Waals surface area contributed by atoms with Crippen LogP contribution < -0.4 is 10.6 Å². The summed E-state index contributed by atoms with van der Waals surface area (Å²) in [5.74, 6) is 0.888. The van der Waals surface area contributed by atoms with Gasteiger partial charge in [-0.15, -0.1) is 5.92 Å². The van der Waals surface area contributed by atoms with E-state index in [2.05, 4.69) is 22.5 Å². The monoisotopic (exact) mass is 312 g/mol. The quantitative estimate of drug-likeness (QED) is 0.493. The lowest BCUT2D eigenvalue weighted by Gasteiger charge is -2.28. The highest BCUT2D eigenvalue weighted by molar-refractivity contribution is 5.86. The van der Waals surface area contributed by atoms with Crippen LogP contribution in [0.15, 0.2) is 0 Å². The highest BCUT2D eigenvalue weighted by Gasteiger charge is 2.39. The second-order valence-corrected chi connectivity index (χ2v) is 5.03. The molecule has 122 valence electrons. The fourth-order valence-corrected chi connectivity index (χ4v) is 1.62. The zero-order chi connectivity index (χ0) is 17.5. The molecule has 2 amide bonds. The number of hydrogen-bond donors (Lipinski definition) is 4. The van der Waals surface area contributed by atoms with E-state index >= 15 is 0 Å². The van der Waals surface area contributed by atoms with Crippen molar-refractivity contribution >= 4 is 23.8 Å². The molecular formula is C14H20N2O6. The lowest BCUT2D eigenvalue weighted by molar-refractivity contribution is -0.148. The second-order valence-electron chi connectivity index (χ2n) is 5.03. The smallest absolute Gasteiger partial charge is 0.330 e. The van der Waals surface area contributed by atoms with Crippen LogP contribution in [0.25, 0.3) is 0 Å². The van der Waals surface area contributed by atoms with Crippen molar-refractivity contribution in [2.75, 3.05) is 0 Å². The maximum atomic E-state index is 11.3. The van der Waals surface area contributed by atoms with Crippen LogP contribution in [-0.2, 0) is 19.2 Å². The maximum absolute atomic E-state index is 11.3. The molecule has 0 aromatic carbocycles. The molecule has 3 atom stereocenters. The molecule has 0 radical (unpaired) electrons. The lowest BCUT2D eigenvalue weighted by Crippen LogP contribution is -2.55. The summed E-state index contributed by atoms with van der Waals surface area (Å²) in [4.78, 5) is 44.2. The van der Waals surface area contributed by atoms with Gasteiger partial charge in [0, 0.05) is 20.3 Å². The number of nitrogens with one attached hydrogen (secondary N) is 2. The predicted molar refractivity (Wildman–Crippen MR) is 76.7 cm³/mol. The van der Waals surface area contributed by atoms with Gasteiger partial charge in [0.25, 0.3) is 0 Å². The minimum atomic E-state index is -1.59. The van der Waals surface area contributed by atoms with Crippen molar-refractivity contribution in [2.24, 2.45) is 5.92 Å². The van der Waals surface area contributed by atoms with Gasteiger partial charge in [0.05, 0.1) is 5.92 Å². The number of carboxylic acid groups (broad SMARTS) is 2. The molecule has 0 saturated heterocycles. The molecule has 8 nitrogen and oxygen atoms in total. The number of carboxylic acids is 2. The van der Waals surface area contributed by atoms with E-state index in [1.807, 2.05) is 0 Å². The van der Waals surface area contributed by atoms with Gasteiger partial charge in [0.1, 0.15) is 11.6 Å². The van der Waals surface area contributed by atoms with Gasteiger partial charge in [-0.05, 0) is 13.8 Å². The van der Waals surface area contributed by atoms with E-state index in [-0.39, 0.29) is 6.42 Å². The largest absolute Gasteiger partial charge is 0.480 e. The van der Waals surface area contributed by atoms with E-state index < -0.39 is 41.3 Å². The van der Waals surface area contributed by atoms with Crippen LogP contribution >= 0.6 is 0 Å². The average molecular weight is 312 g/mol. The molecule has 0 fully saturated rings. The maximum Gasteiger partial charge on any atom is 0.330 e.